The molecule has 1 aliphatic rings. The van der Waals surface area contributed by atoms with E-state index in [1.54, 1.807) is 42.3 Å². The third-order valence-electron chi connectivity index (χ3n) is 4.88. The van der Waals surface area contributed by atoms with E-state index in [2.05, 4.69) is 10.2 Å². The Labute approximate surface area is 174 Å². The molecule has 156 valence electrons. The zero-order valence-corrected chi connectivity index (χ0v) is 16.9. The molecule has 0 spiro atoms. The fourth-order valence-corrected chi connectivity index (χ4v) is 3.21. The molecule has 1 N–H and O–H groups in total. The molecular formula is C22H23FN4O3. The van der Waals surface area contributed by atoms with Crippen LogP contribution in [0.25, 0.3) is 0 Å². The minimum absolute atomic E-state index is 0.0139. The van der Waals surface area contributed by atoms with E-state index in [9.17, 15) is 14.4 Å². The summed E-state index contributed by atoms with van der Waals surface area (Å²) >= 11 is 0. The van der Waals surface area contributed by atoms with Crippen LogP contribution in [0.1, 0.15) is 0 Å². The number of benzene rings is 2. The number of methoxy groups -OCH3 is 2. The lowest BCUT2D eigenvalue weighted by Gasteiger charge is -2.36. The van der Waals surface area contributed by atoms with Gasteiger partial charge in [0.05, 0.1) is 14.2 Å². The number of halogens is 1. The molecular weight excluding hydrogens is 387 g/mol. The van der Waals surface area contributed by atoms with E-state index in [0.717, 1.165) is 5.69 Å². The van der Waals surface area contributed by atoms with Crippen LogP contribution in [0.2, 0.25) is 0 Å². The first kappa shape index (κ1) is 21.0. The van der Waals surface area contributed by atoms with Crippen molar-refractivity contribution in [3.8, 4) is 17.6 Å². The van der Waals surface area contributed by atoms with E-state index in [4.69, 9.17) is 9.47 Å². The molecule has 2 aromatic carbocycles. The molecule has 1 aliphatic heterocycles. The maximum Gasteiger partial charge on any atom is 0.266 e. The molecule has 0 bridgehead atoms. The maximum atomic E-state index is 13.1. The zero-order chi connectivity index (χ0) is 21.5. The SMILES string of the molecule is COc1ccc(N/C=C(/C#N)C(=O)N2CCN(c3ccc(F)cc3)CC2)cc1OC. The molecule has 7 nitrogen and oxygen atoms in total. The summed E-state index contributed by atoms with van der Waals surface area (Å²) in [7, 11) is 3.08. The number of hydrogen-bond donors (Lipinski definition) is 1. The van der Waals surface area contributed by atoms with Crippen LogP contribution in [0.3, 0.4) is 0 Å². The Morgan fingerprint density at radius 1 is 1.07 bits per heavy atom. The van der Waals surface area contributed by atoms with Crippen molar-refractivity contribution in [3.05, 3.63) is 60.1 Å². The van der Waals surface area contributed by atoms with Gasteiger partial charge in [-0.25, -0.2) is 4.39 Å². The van der Waals surface area contributed by atoms with Gasteiger partial charge in [-0.15, -0.1) is 0 Å². The number of hydrogen-bond acceptors (Lipinski definition) is 6. The van der Waals surface area contributed by atoms with E-state index in [-0.39, 0.29) is 17.3 Å². The highest BCUT2D eigenvalue weighted by Crippen LogP contribution is 2.29. The van der Waals surface area contributed by atoms with E-state index < -0.39 is 0 Å². The first-order valence-electron chi connectivity index (χ1n) is 9.44. The van der Waals surface area contributed by atoms with Crippen molar-refractivity contribution in [2.75, 3.05) is 50.6 Å². The standard InChI is InChI=1S/C22H23FN4O3/c1-29-20-8-5-18(13-21(20)30-2)25-15-16(14-24)22(28)27-11-9-26(10-12-27)19-6-3-17(23)4-7-19/h3-8,13,15,25H,9-12H2,1-2H3/b16-15-. The first-order valence-corrected chi connectivity index (χ1v) is 9.44. The first-order chi connectivity index (χ1) is 14.5. The number of nitrogens with one attached hydrogen (secondary N) is 1. The molecule has 0 aromatic heterocycles. The number of anilines is 2. The van der Waals surface area contributed by atoms with Gasteiger partial charge in [-0.05, 0) is 36.4 Å². The molecule has 0 aliphatic carbocycles. The minimum atomic E-state index is -0.329. The van der Waals surface area contributed by atoms with Crippen molar-refractivity contribution in [3.63, 3.8) is 0 Å². The van der Waals surface area contributed by atoms with Gasteiger partial charge in [-0.3, -0.25) is 4.79 Å². The van der Waals surface area contributed by atoms with Crippen LogP contribution in [-0.2, 0) is 4.79 Å². The predicted molar refractivity (Wildman–Crippen MR) is 112 cm³/mol. The molecule has 0 atom stereocenters. The molecule has 2 aromatic rings. The van der Waals surface area contributed by atoms with Gasteiger partial charge < -0.3 is 24.6 Å². The van der Waals surface area contributed by atoms with Crippen molar-refractivity contribution in [1.29, 1.82) is 5.26 Å². The van der Waals surface area contributed by atoms with Gasteiger partial charge in [-0.2, -0.15) is 5.26 Å². The van der Waals surface area contributed by atoms with Crippen LogP contribution in [0.4, 0.5) is 15.8 Å². The van der Waals surface area contributed by atoms with Crippen molar-refractivity contribution in [2.24, 2.45) is 0 Å². The summed E-state index contributed by atoms with van der Waals surface area (Å²) in [4.78, 5) is 16.5. The average molecular weight is 410 g/mol. The predicted octanol–water partition coefficient (Wildman–Crippen LogP) is 3.01. The van der Waals surface area contributed by atoms with Crippen LogP contribution < -0.4 is 19.7 Å². The largest absolute Gasteiger partial charge is 0.493 e. The van der Waals surface area contributed by atoms with Crippen molar-refractivity contribution < 1.29 is 18.7 Å². The second-order valence-corrected chi connectivity index (χ2v) is 6.64. The lowest BCUT2D eigenvalue weighted by molar-refractivity contribution is -0.127. The van der Waals surface area contributed by atoms with Crippen LogP contribution in [0.15, 0.2) is 54.2 Å². The Morgan fingerprint density at radius 2 is 1.73 bits per heavy atom. The fraction of sp³-hybridized carbons (Fsp3) is 0.273. The lowest BCUT2D eigenvalue weighted by atomic mass is 10.2. The number of carbonyl (C=O) groups is 1. The Bertz CT molecular complexity index is 961. The number of nitrogens with zero attached hydrogens (tertiary/aromatic N) is 3. The van der Waals surface area contributed by atoms with Gasteiger partial charge >= 0.3 is 0 Å². The number of piperazine rings is 1. The van der Waals surface area contributed by atoms with Gasteiger partial charge in [0.25, 0.3) is 5.91 Å². The summed E-state index contributed by atoms with van der Waals surface area (Å²) in [5, 5.41) is 12.4. The second-order valence-electron chi connectivity index (χ2n) is 6.64. The highest BCUT2D eigenvalue weighted by atomic mass is 19.1. The van der Waals surface area contributed by atoms with Crippen LogP contribution >= 0.6 is 0 Å². The van der Waals surface area contributed by atoms with Gasteiger partial charge in [-0.1, -0.05) is 0 Å². The third kappa shape index (κ3) is 4.81. The molecule has 1 saturated heterocycles. The van der Waals surface area contributed by atoms with E-state index in [1.165, 1.54) is 25.4 Å². The molecule has 1 heterocycles. The lowest BCUT2D eigenvalue weighted by Crippen LogP contribution is -2.49. The summed E-state index contributed by atoms with van der Waals surface area (Å²) in [5.41, 5.74) is 1.59. The molecule has 8 heteroatoms. The summed E-state index contributed by atoms with van der Waals surface area (Å²) in [6.45, 7) is 2.18. The number of carbonyl (C=O) groups excluding carboxylic acids is 1. The minimum Gasteiger partial charge on any atom is -0.493 e. The number of ether oxygens (including phenoxy) is 2. The van der Waals surface area contributed by atoms with Gasteiger partial charge in [0.2, 0.25) is 0 Å². The summed E-state index contributed by atoms with van der Waals surface area (Å²) in [6.07, 6.45) is 1.40. The van der Waals surface area contributed by atoms with E-state index >= 15 is 0 Å². The van der Waals surface area contributed by atoms with Crippen molar-refractivity contribution in [1.82, 2.24) is 4.90 Å². The summed E-state index contributed by atoms with van der Waals surface area (Å²) in [6, 6.07) is 13.5. The number of rotatable bonds is 6. The zero-order valence-electron chi connectivity index (χ0n) is 16.9. The average Bonchev–Trinajstić information content (AvgIpc) is 2.79. The number of amides is 1. The Morgan fingerprint density at radius 3 is 2.33 bits per heavy atom. The van der Waals surface area contributed by atoms with E-state index in [1.807, 2.05) is 6.07 Å². The quantitative estimate of drug-likeness (QED) is 0.583. The highest BCUT2D eigenvalue weighted by Gasteiger charge is 2.24. The topological polar surface area (TPSA) is 77.8 Å². The van der Waals surface area contributed by atoms with Gasteiger partial charge in [0.15, 0.2) is 11.5 Å². The molecule has 0 saturated carbocycles. The monoisotopic (exact) mass is 410 g/mol. The van der Waals surface area contributed by atoms with Crippen molar-refractivity contribution in [2.45, 2.75) is 0 Å². The van der Waals surface area contributed by atoms with Gasteiger partial charge in [0.1, 0.15) is 17.5 Å². The van der Waals surface area contributed by atoms with Gasteiger partial charge in [0, 0.05) is 49.8 Å². The Kier molecular flexibility index (Phi) is 6.75. The van der Waals surface area contributed by atoms with Crippen LogP contribution in [0.5, 0.6) is 11.5 Å². The molecule has 3 rings (SSSR count). The third-order valence-corrected chi connectivity index (χ3v) is 4.88. The Hall–Kier alpha value is -3.73. The van der Waals surface area contributed by atoms with Crippen molar-refractivity contribution >= 4 is 17.3 Å². The van der Waals surface area contributed by atoms with Crippen LogP contribution in [0, 0.1) is 17.1 Å². The number of nitriles is 1. The maximum absolute atomic E-state index is 13.1. The summed E-state index contributed by atoms with van der Waals surface area (Å²) in [5.74, 6) is 0.517. The Balaban J connectivity index is 1.62. The molecule has 0 radical (unpaired) electrons. The smallest absolute Gasteiger partial charge is 0.266 e. The second kappa shape index (κ2) is 9.65. The highest BCUT2D eigenvalue weighted by molar-refractivity contribution is 5.97. The molecule has 0 unspecified atom stereocenters. The fourth-order valence-electron chi connectivity index (χ4n) is 3.21. The molecule has 1 fully saturated rings. The molecule has 30 heavy (non-hydrogen) atoms. The summed E-state index contributed by atoms with van der Waals surface area (Å²) < 4.78 is 23.6. The molecule has 1 amide bonds. The normalized spacial score (nSPS) is 14.1. The van der Waals surface area contributed by atoms with E-state index in [0.29, 0.717) is 43.4 Å². The van der Waals surface area contributed by atoms with Crippen LogP contribution in [-0.4, -0.2) is 51.2 Å².